The summed E-state index contributed by atoms with van der Waals surface area (Å²) in [7, 11) is 0. The van der Waals surface area contributed by atoms with Gasteiger partial charge in [0.2, 0.25) is 0 Å². The zero-order valence-corrected chi connectivity index (χ0v) is 11.3. The zero-order chi connectivity index (χ0) is 11.8. The van der Waals surface area contributed by atoms with E-state index in [0.717, 1.165) is 23.7 Å². The van der Waals surface area contributed by atoms with Gasteiger partial charge in [-0.1, -0.05) is 25.7 Å². The Morgan fingerprint density at radius 3 is 2.35 bits per heavy atom. The molecule has 0 aromatic heterocycles. The van der Waals surface area contributed by atoms with E-state index in [2.05, 4.69) is 0 Å². The Hall–Kier alpha value is -0.0400. The predicted molar refractivity (Wildman–Crippen MR) is 70.7 cm³/mol. The summed E-state index contributed by atoms with van der Waals surface area (Å²) in [5.41, 5.74) is 0. The van der Waals surface area contributed by atoms with Gasteiger partial charge in [-0.15, -0.1) is 0 Å². The molecule has 0 spiro atoms. The Balaban J connectivity index is 1.76. The van der Waals surface area contributed by atoms with Crippen LogP contribution >= 0.6 is 0 Å². The number of fused-ring (bicyclic) bond motifs is 3. The molecule has 0 aromatic carbocycles. The second-order valence-corrected chi connectivity index (χ2v) is 6.95. The van der Waals surface area contributed by atoms with Crippen LogP contribution in [0.25, 0.3) is 0 Å². The van der Waals surface area contributed by atoms with Crippen molar-refractivity contribution in [2.75, 3.05) is 0 Å². The first-order valence-corrected chi connectivity index (χ1v) is 7.95. The van der Waals surface area contributed by atoms with Gasteiger partial charge in [0.1, 0.15) is 0 Å². The molecule has 0 bridgehead atoms. The lowest BCUT2D eigenvalue weighted by atomic mass is 9.55. The molecule has 1 N–H and O–H groups in total. The molecule has 6 atom stereocenters. The normalized spacial score (nSPS) is 48.0. The number of aliphatic hydroxyl groups excluding tert-OH is 1. The minimum atomic E-state index is -0.0667. The molecule has 6 unspecified atom stereocenters. The van der Waals surface area contributed by atoms with Crippen molar-refractivity contribution < 1.29 is 5.11 Å². The molecule has 0 heterocycles. The fraction of sp³-hybridized carbons (Fsp3) is 1.00. The van der Waals surface area contributed by atoms with Crippen LogP contribution < -0.4 is 0 Å². The first-order chi connectivity index (χ1) is 8.27. The van der Waals surface area contributed by atoms with E-state index in [0.29, 0.717) is 5.92 Å². The Labute approximate surface area is 106 Å². The Morgan fingerprint density at radius 2 is 1.53 bits per heavy atom. The smallest absolute Gasteiger partial charge is 0.0543 e. The molecule has 0 aliphatic heterocycles. The van der Waals surface area contributed by atoms with Gasteiger partial charge in [-0.3, -0.25) is 0 Å². The van der Waals surface area contributed by atoms with E-state index in [-0.39, 0.29) is 6.10 Å². The summed E-state index contributed by atoms with van der Waals surface area (Å²) in [4.78, 5) is 0. The van der Waals surface area contributed by atoms with Gasteiger partial charge >= 0.3 is 0 Å². The maximum atomic E-state index is 10.0. The molecule has 3 aliphatic carbocycles. The summed E-state index contributed by atoms with van der Waals surface area (Å²) >= 11 is 0. The molecule has 3 fully saturated rings. The van der Waals surface area contributed by atoms with Crippen LogP contribution in [0.3, 0.4) is 0 Å². The highest BCUT2D eigenvalue weighted by molar-refractivity contribution is 4.95. The highest BCUT2D eigenvalue weighted by Gasteiger charge is 2.45. The maximum Gasteiger partial charge on any atom is 0.0543 e. The average molecular weight is 236 g/mol. The quantitative estimate of drug-likeness (QED) is 0.729. The van der Waals surface area contributed by atoms with Gasteiger partial charge in [0.25, 0.3) is 0 Å². The van der Waals surface area contributed by atoms with Gasteiger partial charge in [0.05, 0.1) is 6.10 Å². The third-order valence-corrected chi connectivity index (χ3v) is 6.18. The molecule has 3 saturated carbocycles. The third kappa shape index (κ3) is 2.16. The van der Waals surface area contributed by atoms with E-state index < -0.39 is 0 Å². The molecule has 0 aromatic rings. The molecule has 0 saturated heterocycles. The minimum Gasteiger partial charge on any atom is -0.393 e. The summed E-state index contributed by atoms with van der Waals surface area (Å²) in [6.45, 7) is 2.03. The molecular weight excluding hydrogens is 208 g/mol. The van der Waals surface area contributed by atoms with Gasteiger partial charge in [-0.05, 0) is 68.6 Å². The van der Waals surface area contributed by atoms with E-state index in [4.69, 9.17) is 0 Å². The molecule has 0 radical (unpaired) electrons. The zero-order valence-electron chi connectivity index (χ0n) is 11.3. The summed E-state index contributed by atoms with van der Waals surface area (Å²) in [5, 5.41) is 10.0. The van der Waals surface area contributed by atoms with Crippen LogP contribution in [0.15, 0.2) is 0 Å². The monoisotopic (exact) mass is 236 g/mol. The Bertz CT molecular complexity index is 260. The van der Waals surface area contributed by atoms with Crippen LogP contribution in [0.5, 0.6) is 0 Å². The molecule has 1 nitrogen and oxygen atoms in total. The molecule has 0 amide bonds. The first-order valence-electron chi connectivity index (χ1n) is 7.95. The van der Waals surface area contributed by atoms with Gasteiger partial charge in [0.15, 0.2) is 0 Å². The molecule has 98 valence electrons. The standard InChI is InChI=1S/C16H28O/c1-11(17)13-7-4-8-15-14-6-3-2-5-12(14)9-10-16(13)15/h11-17H,2-10H2,1H3. The molecule has 17 heavy (non-hydrogen) atoms. The second kappa shape index (κ2) is 4.91. The summed E-state index contributed by atoms with van der Waals surface area (Å²) in [6.07, 6.45) is 12.9. The van der Waals surface area contributed by atoms with E-state index >= 15 is 0 Å². The number of aliphatic hydroxyl groups is 1. The van der Waals surface area contributed by atoms with E-state index in [1.165, 1.54) is 57.8 Å². The Kier molecular flexibility index (Phi) is 3.47. The third-order valence-electron chi connectivity index (χ3n) is 6.18. The minimum absolute atomic E-state index is 0.0667. The van der Waals surface area contributed by atoms with Crippen molar-refractivity contribution in [2.24, 2.45) is 29.6 Å². The van der Waals surface area contributed by atoms with Gasteiger partial charge in [-0.2, -0.15) is 0 Å². The lowest BCUT2D eigenvalue weighted by Gasteiger charge is -2.51. The first kappa shape index (κ1) is 12.0. The highest BCUT2D eigenvalue weighted by Crippen LogP contribution is 2.53. The van der Waals surface area contributed by atoms with Crippen molar-refractivity contribution in [2.45, 2.75) is 70.8 Å². The van der Waals surface area contributed by atoms with Crippen molar-refractivity contribution in [3.63, 3.8) is 0 Å². The van der Waals surface area contributed by atoms with Gasteiger partial charge in [-0.25, -0.2) is 0 Å². The predicted octanol–water partition coefficient (Wildman–Crippen LogP) is 4.00. The lowest BCUT2D eigenvalue weighted by Crippen LogP contribution is -2.44. The van der Waals surface area contributed by atoms with Crippen LogP contribution in [0, 0.1) is 29.6 Å². The molecule has 1 heteroatoms. The molecule has 3 aliphatic rings. The number of hydrogen-bond acceptors (Lipinski definition) is 1. The fourth-order valence-electron chi connectivity index (χ4n) is 5.46. The number of rotatable bonds is 1. The largest absolute Gasteiger partial charge is 0.393 e. The lowest BCUT2D eigenvalue weighted by molar-refractivity contribution is -0.0423. The van der Waals surface area contributed by atoms with Crippen molar-refractivity contribution in [1.29, 1.82) is 0 Å². The maximum absolute atomic E-state index is 10.0. The summed E-state index contributed by atoms with van der Waals surface area (Å²) in [5.74, 6) is 4.55. The topological polar surface area (TPSA) is 20.2 Å². The number of hydrogen-bond donors (Lipinski definition) is 1. The highest BCUT2D eigenvalue weighted by atomic mass is 16.3. The second-order valence-electron chi connectivity index (χ2n) is 6.95. The van der Waals surface area contributed by atoms with Crippen molar-refractivity contribution >= 4 is 0 Å². The van der Waals surface area contributed by atoms with Crippen LogP contribution in [-0.2, 0) is 0 Å². The SMILES string of the molecule is CC(O)C1CCCC2C3CCCCC3CCC12. The fourth-order valence-corrected chi connectivity index (χ4v) is 5.46. The Morgan fingerprint density at radius 1 is 0.765 bits per heavy atom. The van der Waals surface area contributed by atoms with Crippen LogP contribution in [0.4, 0.5) is 0 Å². The van der Waals surface area contributed by atoms with E-state index in [1.807, 2.05) is 6.92 Å². The van der Waals surface area contributed by atoms with Crippen molar-refractivity contribution in [1.82, 2.24) is 0 Å². The van der Waals surface area contributed by atoms with Crippen LogP contribution in [-0.4, -0.2) is 11.2 Å². The van der Waals surface area contributed by atoms with Gasteiger partial charge in [0, 0.05) is 0 Å². The van der Waals surface area contributed by atoms with E-state index in [9.17, 15) is 5.11 Å². The summed E-state index contributed by atoms with van der Waals surface area (Å²) in [6, 6.07) is 0. The van der Waals surface area contributed by atoms with Gasteiger partial charge < -0.3 is 5.11 Å². The van der Waals surface area contributed by atoms with Crippen LogP contribution in [0.2, 0.25) is 0 Å². The van der Waals surface area contributed by atoms with Crippen LogP contribution in [0.1, 0.15) is 64.7 Å². The van der Waals surface area contributed by atoms with E-state index in [1.54, 1.807) is 0 Å². The molecule has 3 rings (SSSR count). The van der Waals surface area contributed by atoms with Crippen molar-refractivity contribution in [3.8, 4) is 0 Å². The molecular formula is C16H28O. The average Bonchev–Trinajstić information content (AvgIpc) is 2.37. The van der Waals surface area contributed by atoms with Crippen molar-refractivity contribution in [3.05, 3.63) is 0 Å². The summed E-state index contributed by atoms with van der Waals surface area (Å²) < 4.78 is 0.